The lowest BCUT2D eigenvalue weighted by molar-refractivity contribution is 0.219. The Morgan fingerprint density at radius 1 is 1.40 bits per heavy atom. The summed E-state index contributed by atoms with van der Waals surface area (Å²) in [7, 11) is 0. The highest BCUT2D eigenvalue weighted by atomic mass is 19.1. The van der Waals surface area contributed by atoms with Crippen molar-refractivity contribution in [3.63, 3.8) is 0 Å². The molecule has 2 heteroatoms. The molecule has 0 saturated carbocycles. The van der Waals surface area contributed by atoms with Crippen LogP contribution in [0.25, 0.3) is 0 Å². The number of rotatable bonds is 1. The van der Waals surface area contributed by atoms with Crippen LogP contribution in [0.1, 0.15) is 31.7 Å². The Labute approximate surface area is 90.7 Å². The molecule has 1 aromatic carbocycles. The number of benzene rings is 1. The smallest absolute Gasteiger partial charge is 0.123 e. The second-order valence-electron chi connectivity index (χ2n) is 5.06. The van der Waals surface area contributed by atoms with Crippen LogP contribution >= 0.6 is 0 Å². The highest BCUT2D eigenvalue weighted by Gasteiger charge is 2.33. The summed E-state index contributed by atoms with van der Waals surface area (Å²) in [4.78, 5) is 0. The SMILES string of the molecule is CC1(C)CNCCC1c1cccc(F)c1. The maximum atomic E-state index is 13.2. The Morgan fingerprint density at radius 3 is 2.87 bits per heavy atom. The van der Waals surface area contributed by atoms with Crippen molar-refractivity contribution in [2.45, 2.75) is 26.2 Å². The van der Waals surface area contributed by atoms with E-state index >= 15 is 0 Å². The molecule has 1 saturated heterocycles. The van der Waals surface area contributed by atoms with E-state index in [-0.39, 0.29) is 11.2 Å². The summed E-state index contributed by atoms with van der Waals surface area (Å²) >= 11 is 0. The van der Waals surface area contributed by atoms with Gasteiger partial charge in [0.15, 0.2) is 0 Å². The third-order valence-corrected chi connectivity index (χ3v) is 3.38. The van der Waals surface area contributed by atoms with Gasteiger partial charge in [0.25, 0.3) is 0 Å². The lowest BCUT2D eigenvalue weighted by Crippen LogP contribution is -2.41. The molecule has 0 amide bonds. The second-order valence-corrected chi connectivity index (χ2v) is 5.06. The largest absolute Gasteiger partial charge is 0.316 e. The van der Waals surface area contributed by atoms with Crippen LogP contribution in [0.2, 0.25) is 0 Å². The summed E-state index contributed by atoms with van der Waals surface area (Å²) in [5, 5.41) is 3.40. The van der Waals surface area contributed by atoms with Crippen molar-refractivity contribution in [1.82, 2.24) is 5.32 Å². The fourth-order valence-electron chi connectivity index (χ4n) is 2.51. The standard InChI is InChI=1S/C13H18FN/c1-13(2)9-15-7-6-12(13)10-4-3-5-11(14)8-10/h3-5,8,12,15H,6-7,9H2,1-2H3. The molecular formula is C13H18FN. The van der Waals surface area contributed by atoms with Gasteiger partial charge in [-0.25, -0.2) is 4.39 Å². The van der Waals surface area contributed by atoms with Gasteiger partial charge in [-0.3, -0.25) is 0 Å². The Bertz CT molecular complexity index is 346. The molecule has 1 heterocycles. The average molecular weight is 207 g/mol. The summed E-state index contributed by atoms with van der Waals surface area (Å²) in [5.41, 5.74) is 1.35. The van der Waals surface area contributed by atoms with Crippen LogP contribution in [0.5, 0.6) is 0 Å². The summed E-state index contributed by atoms with van der Waals surface area (Å²) in [6.45, 7) is 6.53. The zero-order valence-corrected chi connectivity index (χ0v) is 9.39. The van der Waals surface area contributed by atoms with Crippen LogP contribution < -0.4 is 5.32 Å². The molecule has 0 radical (unpaired) electrons. The van der Waals surface area contributed by atoms with Gasteiger partial charge in [-0.2, -0.15) is 0 Å². The van der Waals surface area contributed by atoms with Gasteiger partial charge in [0, 0.05) is 6.54 Å². The third-order valence-electron chi connectivity index (χ3n) is 3.38. The first-order valence-corrected chi connectivity index (χ1v) is 5.56. The molecule has 0 aliphatic carbocycles. The molecule has 0 spiro atoms. The van der Waals surface area contributed by atoms with Crippen LogP contribution in [0, 0.1) is 11.2 Å². The Balaban J connectivity index is 2.29. The van der Waals surface area contributed by atoms with Crippen molar-refractivity contribution in [1.29, 1.82) is 0 Å². The lowest BCUT2D eigenvalue weighted by atomic mass is 9.71. The highest BCUT2D eigenvalue weighted by Crippen LogP contribution is 2.39. The van der Waals surface area contributed by atoms with Crippen LogP contribution in [-0.2, 0) is 0 Å². The number of hydrogen-bond donors (Lipinski definition) is 1. The van der Waals surface area contributed by atoms with E-state index in [0.29, 0.717) is 5.92 Å². The minimum absolute atomic E-state index is 0.123. The van der Waals surface area contributed by atoms with Gasteiger partial charge in [0.05, 0.1) is 0 Å². The average Bonchev–Trinajstić information content (AvgIpc) is 2.17. The van der Waals surface area contributed by atoms with E-state index in [1.165, 1.54) is 6.07 Å². The number of piperidine rings is 1. The van der Waals surface area contributed by atoms with Crippen LogP contribution in [0.15, 0.2) is 24.3 Å². The van der Waals surface area contributed by atoms with E-state index in [9.17, 15) is 4.39 Å². The second kappa shape index (κ2) is 3.93. The molecule has 1 fully saturated rings. The Hall–Kier alpha value is -0.890. The normalized spacial score (nSPS) is 25.1. The van der Waals surface area contributed by atoms with Gasteiger partial charge in [-0.05, 0) is 42.0 Å². The fraction of sp³-hybridized carbons (Fsp3) is 0.538. The van der Waals surface area contributed by atoms with E-state index in [1.54, 1.807) is 6.07 Å². The third kappa shape index (κ3) is 2.20. The van der Waals surface area contributed by atoms with Crippen molar-refractivity contribution >= 4 is 0 Å². The van der Waals surface area contributed by atoms with Crippen LogP contribution in [0.3, 0.4) is 0 Å². The minimum atomic E-state index is -0.123. The van der Waals surface area contributed by atoms with Gasteiger partial charge in [0.1, 0.15) is 5.82 Å². The predicted molar refractivity (Wildman–Crippen MR) is 60.4 cm³/mol. The highest BCUT2D eigenvalue weighted by molar-refractivity contribution is 5.23. The van der Waals surface area contributed by atoms with E-state index in [2.05, 4.69) is 19.2 Å². The zero-order valence-electron chi connectivity index (χ0n) is 9.39. The topological polar surface area (TPSA) is 12.0 Å². The maximum Gasteiger partial charge on any atom is 0.123 e. The Kier molecular flexibility index (Phi) is 2.79. The van der Waals surface area contributed by atoms with Crippen molar-refractivity contribution < 1.29 is 4.39 Å². The van der Waals surface area contributed by atoms with Gasteiger partial charge >= 0.3 is 0 Å². The molecule has 0 aromatic heterocycles. The number of halogens is 1. The van der Waals surface area contributed by atoms with Gasteiger partial charge in [-0.15, -0.1) is 0 Å². The molecule has 1 aliphatic heterocycles. The van der Waals surface area contributed by atoms with Crippen molar-refractivity contribution in [2.24, 2.45) is 5.41 Å². The summed E-state index contributed by atoms with van der Waals surface area (Å²) in [5.74, 6) is 0.344. The molecule has 0 bridgehead atoms. The molecule has 2 rings (SSSR count). The maximum absolute atomic E-state index is 13.2. The monoisotopic (exact) mass is 207 g/mol. The quantitative estimate of drug-likeness (QED) is 0.746. The van der Waals surface area contributed by atoms with Crippen molar-refractivity contribution in [3.8, 4) is 0 Å². The minimum Gasteiger partial charge on any atom is -0.316 e. The predicted octanol–water partition coefficient (Wildman–Crippen LogP) is 2.93. The first-order chi connectivity index (χ1) is 7.09. The van der Waals surface area contributed by atoms with E-state index in [0.717, 1.165) is 25.1 Å². The number of hydrogen-bond acceptors (Lipinski definition) is 1. The molecule has 1 atom stereocenters. The molecule has 1 unspecified atom stereocenters. The molecular weight excluding hydrogens is 189 g/mol. The molecule has 82 valence electrons. The summed E-state index contributed by atoms with van der Waals surface area (Å²) in [6.07, 6.45) is 1.09. The number of nitrogens with one attached hydrogen (secondary N) is 1. The lowest BCUT2D eigenvalue weighted by Gasteiger charge is -2.39. The Morgan fingerprint density at radius 2 is 2.20 bits per heavy atom. The van der Waals surface area contributed by atoms with Gasteiger partial charge < -0.3 is 5.32 Å². The van der Waals surface area contributed by atoms with Crippen molar-refractivity contribution in [3.05, 3.63) is 35.6 Å². The van der Waals surface area contributed by atoms with E-state index < -0.39 is 0 Å². The molecule has 1 nitrogen and oxygen atoms in total. The van der Waals surface area contributed by atoms with E-state index in [1.807, 2.05) is 12.1 Å². The first-order valence-electron chi connectivity index (χ1n) is 5.56. The van der Waals surface area contributed by atoms with E-state index in [4.69, 9.17) is 0 Å². The van der Waals surface area contributed by atoms with Gasteiger partial charge in [-0.1, -0.05) is 26.0 Å². The van der Waals surface area contributed by atoms with Crippen LogP contribution in [0.4, 0.5) is 4.39 Å². The van der Waals surface area contributed by atoms with Gasteiger partial charge in [0.2, 0.25) is 0 Å². The molecule has 15 heavy (non-hydrogen) atoms. The first kappa shape index (κ1) is 10.6. The summed E-state index contributed by atoms with van der Waals surface area (Å²) < 4.78 is 13.2. The molecule has 1 N–H and O–H groups in total. The molecule has 1 aromatic rings. The van der Waals surface area contributed by atoms with Crippen molar-refractivity contribution in [2.75, 3.05) is 13.1 Å². The zero-order chi connectivity index (χ0) is 10.9. The fourth-order valence-corrected chi connectivity index (χ4v) is 2.51. The summed E-state index contributed by atoms with van der Waals surface area (Å²) in [6, 6.07) is 7.04. The van der Waals surface area contributed by atoms with Crippen LogP contribution in [-0.4, -0.2) is 13.1 Å². The molecule has 1 aliphatic rings.